The second-order valence-electron chi connectivity index (χ2n) is 12.8. The van der Waals surface area contributed by atoms with Crippen LogP contribution in [-0.2, 0) is 14.3 Å². The van der Waals surface area contributed by atoms with E-state index in [9.17, 15) is 9.59 Å². The van der Waals surface area contributed by atoms with Crippen LogP contribution in [0.1, 0.15) is 200 Å². The molecule has 0 aromatic heterocycles. The molecule has 1 unspecified atom stereocenters. The van der Waals surface area contributed by atoms with Gasteiger partial charge in [-0.3, -0.25) is 9.59 Å². The van der Waals surface area contributed by atoms with E-state index in [0.717, 1.165) is 70.6 Å². The average Bonchev–Trinajstić information content (AvgIpc) is 3.00. The number of carbonyl (C=O) groups is 2. The van der Waals surface area contributed by atoms with Crippen LogP contribution in [0.15, 0.2) is 36.5 Å². The van der Waals surface area contributed by atoms with Crippen LogP contribution in [0, 0.1) is 0 Å². The van der Waals surface area contributed by atoms with Gasteiger partial charge in [0.05, 0.1) is 0 Å². The van der Waals surface area contributed by atoms with Crippen molar-refractivity contribution in [1.29, 1.82) is 0 Å². The summed E-state index contributed by atoms with van der Waals surface area (Å²) in [4.78, 5) is 23.2. The molecule has 0 rings (SSSR count). The molecule has 0 aliphatic rings. The van der Waals surface area contributed by atoms with Gasteiger partial charge in [-0.05, 0) is 96.3 Å². The first-order chi connectivity index (χ1) is 21.6. The maximum atomic E-state index is 12.5. The fourth-order valence-electron chi connectivity index (χ4n) is 5.50. The van der Waals surface area contributed by atoms with E-state index < -0.39 is 5.97 Å². The normalized spacial score (nSPS) is 12.6. The number of esters is 1. The van der Waals surface area contributed by atoms with Gasteiger partial charge in [0.1, 0.15) is 6.10 Å². The lowest BCUT2D eigenvalue weighted by Gasteiger charge is -2.18. The number of carboxylic acids is 1. The Bertz CT molecular complexity index is 708. The van der Waals surface area contributed by atoms with E-state index in [-0.39, 0.29) is 18.5 Å². The molecule has 0 heterocycles. The third-order valence-corrected chi connectivity index (χ3v) is 8.33. The van der Waals surface area contributed by atoms with Crippen LogP contribution < -0.4 is 0 Å². The first-order valence-corrected chi connectivity index (χ1v) is 19.0. The molecule has 0 aliphatic heterocycles. The molecule has 0 saturated heterocycles. The van der Waals surface area contributed by atoms with Gasteiger partial charge in [0.2, 0.25) is 0 Å². The van der Waals surface area contributed by atoms with Crippen molar-refractivity contribution in [3.8, 4) is 0 Å². The zero-order valence-corrected chi connectivity index (χ0v) is 29.2. The predicted octanol–water partition coefficient (Wildman–Crippen LogP) is 13.0. The number of unbranched alkanes of at least 4 members (excludes halogenated alkanes) is 19. The van der Waals surface area contributed by atoms with Gasteiger partial charge in [-0.1, -0.05) is 127 Å². The topological polar surface area (TPSA) is 63.6 Å². The zero-order valence-electron chi connectivity index (χ0n) is 29.2. The lowest BCUT2D eigenvalue weighted by molar-refractivity contribution is -0.150. The smallest absolute Gasteiger partial charge is 0.306 e. The number of carbonyl (C=O) groups excluding carboxylic acids is 1. The molecule has 1 N–H and O–H groups in total. The molecule has 4 heteroatoms. The van der Waals surface area contributed by atoms with Crippen LogP contribution in [0.5, 0.6) is 0 Å². The lowest BCUT2D eigenvalue weighted by Crippen LogP contribution is -2.18. The van der Waals surface area contributed by atoms with Gasteiger partial charge >= 0.3 is 11.9 Å². The highest BCUT2D eigenvalue weighted by Gasteiger charge is 2.14. The van der Waals surface area contributed by atoms with Gasteiger partial charge in [-0.15, -0.1) is 0 Å². The number of carboxylic acid groups (broad SMARTS) is 1. The van der Waals surface area contributed by atoms with Crippen molar-refractivity contribution < 1.29 is 19.4 Å². The fourth-order valence-corrected chi connectivity index (χ4v) is 5.50. The summed E-state index contributed by atoms with van der Waals surface area (Å²) in [6.45, 7) is 4.49. The zero-order chi connectivity index (χ0) is 32.2. The number of hydrogen-bond acceptors (Lipinski definition) is 3. The molecule has 0 aromatic rings. The molecule has 256 valence electrons. The molecule has 1 atom stereocenters. The summed E-state index contributed by atoms with van der Waals surface area (Å²) in [7, 11) is 0. The van der Waals surface area contributed by atoms with Crippen molar-refractivity contribution in [1.82, 2.24) is 0 Å². The lowest BCUT2D eigenvalue weighted by atomic mass is 10.0. The van der Waals surface area contributed by atoms with Crippen molar-refractivity contribution in [2.24, 2.45) is 0 Å². The van der Waals surface area contributed by atoms with E-state index in [0.29, 0.717) is 6.42 Å². The molecule has 0 amide bonds. The van der Waals surface area contributed by atoms with Crippen molar-refractivity contribution in [3.63, 3.8) is 0 Å². The van der Waals surface area contributed by atoms with Crippen LogP contribution >= 0.6 is 0 Å². The Morgan fingerprint density at radius 1 is 0.500 bits per heavy atom. The maximum Gasteiger partial charge on any atom is 0.306 e. The van der Waals surface area contributed by atoms with Crippen LogP contribution in [0.2, 0.25) is 0 Å². The van der Waals surface area contributed by atoms with Gasteiger partial charge in [-0.25, -0.2) is 0 Å². The quantitative estimate of drug-likeness (QED) is 0.0444. The Morgan fingerprint density at radius 2 is 0.886 bits per heavy atom. The Hall–Kier alpha value is -1.84. The van der Waals surface area contributed by atoms with E-state index >= 15 is 0 Å². The van der Waals surface area contributed by atoms with Gasteiger partial charge in [0, 0.05) is 12.8 Å². The van der Waals surface area contributed by atoms with Gasteiger partial charge in [-0.2, -0.15) is 0 Å². The predicted molar refractivity (Wildman–Crippen MR) is 190 cm³/mol. The number of allylic oxidation sites excluding steroid dienone is 6. The molecule has 0 saturated carbocycles. The minimum atomic E-state index is -0.704. The van der Waals surface area contributed by atoms with Crippen molar-refractivity contribution >= 4 is 11.9 Å². The Morgan fingerprint density at radius 3 is 1.43 bits per heavy atom. The summed E-state index contributed by atoms with van der Waals surface area (Å²) in [6.07, 6.45) is 46.0. The second-order valence-corrected chi connectivity index (χ2v) is 12.8. The molecule has 0 bridgehead atoms. The van der Waals surface area contributed by atoms with Crippen molar-refractivity contribution in [2.75, 3.05) is 0 Å². The molecule has 0 aliphatic carbocycles. The molecule has 0 aromatic carbocycles. The first kappa shape index (κ1) is 42.2. The maximum absolute atomic E-state index is 12.5. The molecular formula is C40H72O4. The Labute approximate surface area is 273 Å². The highest BCUT2D eigenvalue weighted by Crippen LogP contribution is 2.18. The van der Waals surface area contributed by atoms with E-state index in [1.165, 1.54) is 103 Å². The summed E-state index contributed by atoms with van der Waals surface area (Å²) in [5.41, 5.74) is 0. The molecule has 0 fully saturated rings. The number of ether oxygens (including phenoxy) is 1. The summed E-state index contributed by atoms with van der Waals surface area (Å²) in [5, 5.41) is 8.76. The molecule has 0 spiro atoms. The van der Waals surface area contributed by atoms with E-state index in [1.54, 1.807) is 0 Å². The third kappa shape index (κ3) is 34.6. The van der Waals surface area contributed by atoms with Gasteiger partial charge < -0.3 is 9.84 Å². The van der Waals surface area contributed by atoms with Crippen LogP contribution in [-0.4, -0.2) is 23.1 Å². The minimum absolute atomic E-state index is 0.0157. The summed E-state index contributed by atoms with van der Waals surface area (Å²) < 4.78 is 5.93. The highest BCUT2D eigenvalue weighted by atomic mass is 16.5. The fraction of sp³-hybridized carbons (Fsp3) is 0.800. The van der Waals surface area contributed by atoms with Crippen molar-refractivity contribution in [3.05, 3.63) is 36.5 Å². The van der Waals surface area contributed by atoms with E-state index in [2.05, 4.69) is 50.3 Å². The minimum Gasteiger partial charge on any atom is -0.481 e. The number of rotatable bonds is 34. The summed E-state index contributed by atoms with van der Waals surface area (Å²) in [5.74, 6) is -0.720. The third-order valence-electron chi connectivity index (χ3n) is 8.33. The number of hydrogen-bond donors (Lipinski definition) is 1. The largest absolute Gasteiger partial charge is 0.481 e. The van der Waals surface area contributed by atoms with Gasteiger partial charge in [0.15, 0.2) is 0 Å². The monoisotopic (exact) mass is 617 g/mol. The van der Waals surface area contributed by atoms with Crippen LogP contribution in [0.3, 0.4) is 0 Å². The SMILES string of the molecule is CCCCC/C=C\C/C=C\CCCC/C=C\CCCCCCCC(=O)OC(CCCCCCC)CCCCCCCC(=O)O. The number of aliphatic carboxylic acids is 1. The Balaban J connectivity index is 3.81. The van der Waals surface area contributed by atoms with Crippen LogP contribution in [0.25, 0.3) is 0 Å². The van der Waals surface area contributed by atoms with Crippen molar-refractivity contribution in [2.45, 2.75) is 206 Å². The summed E-state index contributed by atoms with van der Waals surface area (Å²) >= 11 is 0. The molecule has 44 heavy (non-hydrogen) atoms. The van der Waals surface area contributed by atoms with E-state index in [4.69, 9.17) is 9.84 Å². The standard InChI is InChI=1S/C40H72O4/c1-3-5-7-9-10-11-12-13-14-15-16-17-18-19-20-21-22-23-24-29-33-37-40(43)44-38(34-30-26-8-6-4-2)35-31-27-25-28-32-36-39(41)42/h10-11,13-14,19-20,38H,3-9,12,15-18,21-37H2,1-2H3,(H,41,42)/b11-10-,14-13-,20-19-. The van der Waals surface area contributed by atoms with Gasteiger partial charge in [0.25, 0.3) is 0 Å². The Kier molecular flexibility index (Phi) is 34.1. The second kappa shape index (κ2) is 35.6. The molecular weight excluding hydrogens is 544 g/mol. The highest BCUT2D eigenvalue weighted by molar-refractivity contribution is 5.69. The van der Waals surface area contributed by atoms with Crippen LogP contribution in [0.4, 0.5) is 0 Å². The first-order valence-electron chi connectivity index (χ1n) is 19.0. The molecule has 4 nitrogen and oxygen atoms in total. The van der Waals surface area contributed by atoms with E-state index in [1.807, 2.05) is 0 Å². The summed E-state index contributed by atoms with van der Waals surface area (Å²) in [6, 6.07) is 0. The molecule has 0 radical (unpaired) electrons. The average molecular weight is 617 g/mol.